The molecule has 0 aliphatic carbocycles. The second-order valence-electron chi connectivity index (χ2n) is 6.57. The largest absolute Gasteiger partial charge is 0.441 e. The Morgan fingerprint density at radius 1 is 1.38 bits per heavy atom. The first kappa shape index (κ1) is 23.3. The van der Waals surface area contributed by atoms with Gasteiger partial charge in [-0.1, -0.05) is 12.1 Å². The molecule has 9 heteroatoms. The van der Waals surface area contributed by atoms with E-state index in [1.54, 1.807) is 17.4 Å². The molecule has 1 N–H and O–H groups in total. The summed E-state index contributed by atoms with van der Waals surface area (Å²) in [5, 5.41) is 7.21. The van der Waals surface area contributed by atoms with Gasteiger partial charge in [0.2, 0.25) is 11.8 Å². The van der Waals surface area contributed by atoms with Gasteiger partial charge in [0.1, 0.15) is 11.6 Å². The predicted molar refractivity (Wildman–Crippen MR) is 116 cm³/mol. The van der Waals surface area contributed by atoms with Crippen LogP contribution in [0.3, 0.4) is 0 Å². The zero-order chi connectivity index (χ0) is 18.8. The van der Waals surface area contributed by atoms with E-state index in [4.69, 9.17) is 4.42 Å². The molecule has 1 unspecified atom stereocenters. The van der Waals surface area contributed by atoms with Gasteiger partial charge < -0.3 is 14.6 Å². The standard InChI is InChI=1S/C20H20FN3O2S.2ClH/c1-13-17(23-20(26-13)15-5-8-27-12-15)10-19(25)24-7-6-22-11-18(24)14-3-2-4-16(21)9-14;;/h2-5,8-9,12,18,22H,6-7,10-11H2,1H3;2*1H. The van der Waals surface area contributed by atoms with E-state index in [0.717, 1.165) is 17.7 Å². The van der Waals surface area contributed by atoms with Crippen molar-refractivity contribution in [2.45, 2.75) is 19.4 Å². The number of hydrogen-bond donors (Lipinski definition) is 1. The lowest BCUT2D eigenvalue weighted by atomic mass is 10.0. The van der Waals surface area contributed by atoms with Gasteiger partial charge in [0, 0.05) is 30.6 Å². The van der Waals surface area contributed by atoms with Crippen molar-refractivity contribution in [1.29, 1.82) is 0 Å². The molecule has 0 spiro atoms. The number of nitrogens with zero attached hydrogens (tertiary/aromatic N) is 2. The molecular formula is C20H22Cl2FN3O2S. The molecule has 4 rings (SSSR count). The van der Waals surface area contributed by atoms with E-state index >= 15 is 0 Å². The molecule has 1 fully saturated rings. The number of hydrogen-bond acceptors (Lipinski definition) is 5. The average Bonchev–Trinajstić information content (AvgIpc) is 3.32. The molecule has 1 aliphatic heterocycles. The van der Waals surface area contributed by atoms with E-state index < -0.39 is 0 Å². The molecule has 156 valence electrons. The van der Waals surface area contributed by atoms with Gasteiger partial charge in [0.25, 0.3) is 0 Å². The van der Waals surface area contributed by atoms with E-state index in [-0.39, 0.29) is 49.0 Å². The Hall–Kier alpha value is -1.93. The van der Waals surface area contributed by atoms with E-state index in [1.165, 1.54) is 12.1 Å². The number of carbonyl (C=O) groups excluding carboxylic acids is 1. The Bertz CT molecular complexity index is 949. The molecule has 3 heterocycles. The van der Waals surface area contributed by atoms with Gasteiger partial charge in [-0.05, 0) is 36.1 Å². The monoisotopic (exact) mass is 457 g/mol. The van der Waals surface area contributed by atoms with Crippen LogP contribution in [-0.4, -0.2) is 35.4 Å². The van der Waals surface area contributed by atoms with Gasteiger partial charge in [-0.25, -0.2) is 9.37 Å². The summed E-state index contributed by atoms with van der Waals surface area (Å²) in [6, 6.07) is 8.20. The molecule has 0 saturated carbocycles. The number of nitrogens with one attached hydrogen (secondary N) is 1. The molecular weight excluding hydrogens is 436 g/mol. The van der Waals surface area contributed by atoms with Crippen LogP contribution >= 0.6 is 36.2 Å². The smallest absolute Gasteiger partial charge is 0.229 e. The van der Waals surface area contributed by atoms with Gasteiger partial charge in [0.15, 0.2) is 0 Å². The first-order valence-corrected chi connectivity index (χ1v) is 9.80. The molecule has 1 aromatic carbocycles. The minimum absolute atomic E-state index is 0. The predicted octanol–water partition coefficient (Wildman–Crippen LogP) is 4.41. The Kier molecular flexibility index (Phi) is 8.22. The lowest BCUT2D eigenvalue weighted by molar-refractivity contribution is -0.133. The molecule has 3 aromatic rings. The maximum absolute atomic E-state index is 13.6. The molecule has 0 bridgehead atoms. The van der Waals surface area contributed by atoms with Crippen LogP contribution < -0.4 is 5.32 Å². The maximum Gasteiger partial charge on any atom is 0.229 e. The van der Waals surface area contributed by atoms with E-state index in [0.29, 0.717) is 30.4 Å². The molecule has 1 saturated heterocycles. The SMILES string of the molecule is Cc1oc(-c2ccsc2)nc1CC(=O)N1CCNCC1c1cccc(F)c1.Cl.Cl. The van der Waals surface area contributed by atoms with Crippen molar-refractivity contribution >= 4 is 42.1 Å². The fourth-order valence-electron chi connectivity index (χ4n) is 3.36. The molecule has 0 radical (unpaired) electrons. The molecule has 5 nitrogen and oxygen atoms in total. The average molecular weight is 458 g/mol. The van der Waals surface area contributed by atoms with Crippen molar-refractivity contribution in [2.24, 2.45) is 0 Å². The third-order valence-corrected chi connectivity index (χ3v) is 5.46. The third kappa shape index (κ3) is 5.17. The second kappa shape index (κ2) is 10.2. The van der Waals surface area contributed by atoms with Crippen LogP contribution in [0.15, 0.2) is 45.5 Å². The van der Waals surface area contributed by atoms with E-state index in [2.05, 4.69) is 10.3 Å². The van der Waals surface area contributed by atoms with E-state index in [1.807, 2.05) is 34.7 Å². The minimum atomic E-state index is -0.293. The fraction of sp³-hybridized carbons (Fsp3) is 0.300. The van der Waals surface area contributed by atoms with Crippen molar-refractivity contribution in [2.75, 3.05) is 19.6 Å². The van der Waals surface area contributed by atoms with Gasteiger partial charge in [-0.2, -0.15) is 11.3 Å². The van der Waals surface area contributed by atoms with Crippen LogP contribution in [-0.2, 0) is 11.2 Å². The molecule has 2 aromatic heterocycles. The number of carbonyl (C=O) groups is 1. The lowest BCUT2D eigenvalue weighted by Gasteiger charge is -2.36. The van der Waals surface area contributed by atoms with Crippen molar-refractivity contribution in [1.82, 2.24) is 15.2 Å². The number of amides is 1. The van der Waals surface area contributed by atoms with Crippen molar-refractivity contribution in [3.63, 3.8) is 0 Å². The Labute approximate surface area is 185 Å². The molecule has 29 heavy (non-hydrogen) atoms. The van der Waals surface area contributed by atoms with Gasteiger partial charge in [-0.15, -0.1) is 24.8 Å². The third-order valence-electron chi connectivity index (χ3n) is 4.78. The van der Waals surface area contributed by atoms with Crippen LogP contribution in [0.4, 0.5) is 4.39 Å². The Morgan fingerprint density at radius 3 is 2.93 bits per heavy atom. The maximum atomic E-state index is 13.6. The normalized spacial score (nSPS) is 16.1. The Balaban J connectivity index is 0.00000150. The summed E-state index contributed by atoms with van der Waals surface area (Å²) in [6.07, 6.45) is 0.172. The highest BCUT2D eigenvalue weighted by molar-refractivity contribution is 7.08. The summed E-state index contributed by atoms with van der Waals surface area (Å²) in [7, 11) is 0. The van der Waals surface area contributed by atoms with Gasteiger partial charge >= 0.3 is 0 Å². The number of aromatic nitrogens is 1. The van der Waals surface area contributed by atoms with Crippen molar-refractivity contribution in [3.05, 3.63) is 63.9 Å². The minimum Gasteiger partial charge on any atom is -0.441 e. The Morgan fingerprint density at radius 2 is 2.21 bits per heavy atom. The summed E-state index contributed by atoms with van der Waals surface area (Å²) >= 11 is 1.57. The highest BCUT2D eigenvalue weighted by Gasteiger charge is 2.29. The van der Waals surface area contributed by atoms with Crippen LogP contribution in [0.2, 0.25) is 0 Å². The molecule has 1 aliphatic rings. The zero-order valence-electron chi connectivity index (χ0n) is 15.8. The van der Waals surface area contributed by atoms with Gasteiger partial charge in [0.05, 0.1) is 18.2 Å². The van der Waals surface area contributed by atoms with Gasteiger partial charge in [-0.3, -0.25) is 4.79 Å². The zero-order valence-corrected chi connectivity index (χ0v) is 18.2. The fourth-order valence-corrected chi connectivity index (χ4v) is 3.99. The van der Waals surface area contributed by atoms with Crippen LogP contribution in [0.25, 0.3) is 11.5 Å². The lowest BCUT2D eigenvalue weighted by Crippen LogP contribution is -2.49. The summed E-state index contributed by atoms with van der Waals surface area (Å²) in [5.41, 5.74) is 2.37. The second-order valence-corrected chi connectivity index (χ2v) is 7.35. The number of rotatable bonds is 4. The number of aryl methyl sites for hydroxylation is 1. The topological polar surface area (TPSA) is 58.4 Å². The van der Waals surface area contributed by atoms with Crippen LogP contribution in [0.1, 0.15) is 23.1 Å². The number of halogens is 3. The number of piperazine rings is 1. The summed E-state index contributed by atoms with van der Waals surface area (Å²) in [4.78, 5) is 19.3. The quantitative estimate of drug-likeness (QED) is 0.630. The molecule has 1 atom stereocenters. The van der Waals surface area contributed by atoms with Crippen molar-refractivity contribution < 1.29 is 13.6 Å². The first-order valence-electron chi connectivity index (χ1n) is 8.86. The highest BCUT2D eigenvalue weighted by atomic mass is 35.5. The van der Waals surface area contributed by atoms with Crippen LogP contribution in [0, 0.1) is 12.7 Å². The molecule has 1 amide bonds. The van der Waals surface area contributed by atoms with Crippen molar-refractivity contribution in [3.8, 4) is 11.5 Å². The first-order chi connectivity index (χ1) is 13.1. The number of thiophene rings is 1. The van der Waals surface area contributed by atoms with E-state index in [9.17, 15) is 9.18 Å². The number of benzene rings is 1. The highest BCUT2D eigenvalue weighted by Crippen LogP contribution is 2.26. The summed E-state index contributed by atoms with van der Waals surface area (Å²) < 4.78 is 19.4. The van der Waals surface area contributed by atoms with Crippen LogP contribution in [0.5, 0.6) is 0 Å². The summed E-state index contributed by atoms with van der Waals surface area (Å²) in [6.45, 7) is 3.73. The number of oxazole rings is 1. The summed E-state index contributed by atoms with van der Waals surface area (Å²) in [5.74, 6) is 0.873.